The molecule has 0 radical (unpaired) electrons. The molecule has 1 atom stereocenters. The average molecular weight is 430 g/mol. The van der Waals surface area contributed by atoms with E-state index in [1.54, 1.807) is 0 Å². The number of fused-ring (bicyclic) bond motifs is 1. The molecule has 0 spiro atoms. The van der Waals surface area contributed by atoms with E-state index < -0.39 is 17.6 Å². The van der Waals surface area contributed by atoms with Crippen LogP contribution in [0.4, 0.5) is 17.6 Å². The fourth-order valence-corrected chi connectivity index (χ4v) is 3.62. The molecule has 1 saturated heterocycles. The summed E-state index contributed by atoms with van der Waals surface area (Å²) in [6.45, 7) is 1.92. The number of likely N-dealkylation sites (tertiary alicyclic amines) is 1. The first-order valence-electron chi connectivity index (χ1n) is 9.67. The molecule has 2 aliphatic heterocycles. The topological polar surface area (TPSA) is 85.8 Å². The lowest BCUT2D eigenvalue weighted by atomic mass is 10.0. The van der Waals surface area contributed by atoms with E-state index >= 15 is 0 Å². The van der Waals surface area contributed by atoms with E-state index in [0.717, 1.165) is 32.0 Å². The third-order valence-electron chi connectivity index (χ3n) is 5.06. The number of nitrogens with one attached hydrogen (secondary N) is 1. The summed E-state index contributed by atoms with van der Waals surface area (Å²) in [5, 5.41) is 3.21. The number of ether oxygens (including phenoxy) is 2. The molecule has 0 saturated carbocycles. The van der Waals surface area contributed by atoms with Gasteiger partial charge in [-0.1, -0.05) is 0 Å². The van der Waals surface area contributed by atoms with Gasteiger partial charge in [-0.2, -0.15) is 13.2 Å². The van der Waals surface area contributed by atoms with Crippen LogP contribution in [0.5, 0.6) is 5.75 Å². The lowest BCUT2D eigenvalue weighted by Gasteiger charge is -2.31. The lowest BCUT2D eigenvalue weighted by Crippen LogP contribution is -2.44. The fourth-order valence-electron chi connectivity index (χ4n) is 3.62. The number of nitrogens with two attached hydrogens (primary N) is 2. The second kappa shape index (κ2) is 9.13. The van der Waals surface area contributed by atoms with Crippen LogP contribution in [-0.4, -0.2) is 50.9 Å². The van der Waals surface area contributed by atoms with Gasteiger partial charge in [-0.05, 0) is 44.6 Å². The standard InChI is InChI=1S/C20H26F4N4O2/c1-28-4-2-3-14(10-28)27-17(25)7-12-11-29-5-6-30-16-9-13(20(22,23)24)8-15(21)18(16)19(12)26/h7-9,14,27H,2-6,10-11,25-26H2,1H3/b17-7+,19-12+. The van der Waals surface area contributed by atoms with Crippen LogP contribution in [0.15, 0.2) is 29.6 Å². The monoisotopic (exact) mass is 430 g/mol. The molecule has 166 valence electrons. The molecular weight excluding hydrogens is 404 g/mol. The molecule has 3 rings (SSSR count). The number of likely N-dealkylation sites (N-methyl/N-ethyl adjacent to an activating group) is 1. The van der Waals surface area contributed by atoms with Gasteiger partial charge in [-0.3, -0.25) is 0 Å². The number of benzene rings is 1. The summed E-state index contributed by atoms with van der Waals surface area (Å²) < 4.78 is 64.7. The van der Waals surface area contributed by atoms with Gasteiger partial charge in [0.15, 0.2) is 0 Å². The Balaban J connectivity index is 1.95. The Labute approximate surface area is 172 Å². The molecule has 1 fully saturated rings. The lowest BCUT2D eigenvalue weighted by molar-refractivity contribution is -0.137. The van der Waals surface area contributed by atoms with Crippen LogP contribution < -0.4 is 21.5 Å². The highest BCUT2D eigenvalue weighted by atomic mass is 19.4. The van der Waals surface area contributed by atoms with Crippen molar-refractivity contribution in [2.24, 2.45) is 11.5 Å². The minimum absolute atomic E-state index is 0.0159. The van der Waals surface area contributed by atoms with Gasteiger partial charge >= 0.3 is 6.18 Å². The van der Waals surface area contributed by atoms with Crippen LogP contribution in [0.1, 0.15) is 24.0 Å². The van der Waals surface area contributed by atoms with E-state index in [0.29, 0.717) is 17.5 Å². The number of hydrogen-bond donors (Lipinski definition) is 3. The maximum absolute atomic E-state index is 14.7. The highest BCUT2D eigenvalue weighted by Crippen LogP contribution is 2.37. The third kappa shape index (κ3) is 5.37. The molecule has 30 heavy (non-hydrogen) atoms. The molecule has 1 aromatic carbocycles. The van der Waals surface area contributed by atoms with E-state index in [4.69, 9.17) is 20.9 Å². The fraction of sp³-hybridized carbons (Fsp3) is 0.500. The highest BCUT2D eigenvalue weighted by Gasteiger charge is 2.33. The van der Waals surface area contributed by atoms with Crippen molar-refractivity contribution < 1.29 is 27.0 Å². The van der Waals surface area contributed by atoms with Crippen molar-refractivity contribution in [3.05, 3.63) is 46.5 Å². The predicted octanol–water partition coefficient (Wildman–Crippen LogP) is 2.41. The van der Waals surface area contributed by atoms with Crippen molar-refractivity contribution in [2.45, 2.75) is 25.1 Å². The van der Waals surface area contributed by atoms with E-state index in [9.17, 15) is 17.6 Å². The first-order valence-corrected chi connectivity index (χ1v) is 9.67. The predicted molar refractivity (Wildman–Crippen MR) is 105 cm³/mol. The van der Waals surface area contributed by atoms with Crippen LogP contribution in [0.3, 0.4) is 0 Å². The Morgan fingerprint density at radius 3 is 2.77 bits per heavy atom. The van der Waals surface area contributed by atoms with E-state index in [2.05, 4.69) is 10.2 Å². The van der Waals surface area contributed by atoms with Gasteiger partial charge in [-0.25, -0.2) is 4.39 Å². The molecule has 0 bridgehead atoms. The molecule has 2 heterocycles. The minimum atomic E-state index is -4.71. The summed E-state index contributed by atoms with van der Waals surface area (Å²) in [5.74, 6) is -1.08. The zero-order valence-corrected chi connectivity index (χ0v) is 16.7. The second-order valence-electron chi connectivity index (χ2n) is 7.51. The van der Waals surface area contributed by atoms with Gasteiger partial charge in [0.1, 0.15) is 18.2 Å². The number of hydrogen-bond acceptors (Lipinski definition) is 6. The third-order valence-corrected chi connectivity index (χ3v) is 5.06. The first kappa shape index (κ1) is 22.2. The van der Waals surface area contributed by atoms with Crippen LogP contribution in [0.25, 0.3) is 5.70 Å². The summed E-state index contributed by atoms with van der Waals surface area (Å²) in [4.78, 5) is 2.19. The van der Waals surface area contributed by atoms with Gasteiger partial charge in [-0.15, -0.1) is 0 Å². The highest BCUT2D eigenvalue weighted by molar-refractivity contribution is 5.74. The molecule has 0 aromatic heterocycles. The number of halogens is 4. The van der Waals surface area contributed by atoms with E-state index in [-0.39, 0.29) is 42.9 Å². The zero-order valence-electron chi connectivity index (χ0n) is 16.7. The molecule has 0 amide bonds. The van der Waals surface area contributed by atoms with Crippen molar-refractivity contribution in [1.82, 2.24) is 10.2 Å². The number of alkyl halides is 3. The van der Waals surface area contributed by atoms with Crippen molar-refractivity contribution in [3.8, 4) is 5.75 Å². The van der Waals surface area contributed by atoms with Gasteiger partial charge in [0.25, 0.3) is 0 Å². The van der Waals surface area contributed by atoms with Crippen molar-refractivity contribution in [2.75, 3.05) is 40.0 Å². The first-order chi connectivity index (χ1) is 14.1. The normalized spacial score (nSPS) is 24.3. The molecule has 2 aliphatic rings. The summed E-state index contributed by atoms with van der Waals surface area (Å²) in [5.41, 5.74) is 11.2. The maximum atomic E-state index is 14.7. The molecule has 6 nitrogen and oxygen atoms in total. The Kier molecular flexibility index (Phi) is 6.77. The largest absolute Gasteiger partial charge is 0.490 e. The minimum Gasteiger partial charge on any atom is -0.490 e. The Hall–Kier alpha value is -2.46. The average Bonchev–Trinajstić information content (AvgIpc) is 2.71. The number of nitrogens with zero attached hydrogens (tertiary/aromatic N) is 1. The Bertz CT molecular complexity index is 839. The Morgan fingerprint density at radius 1 is 1.30 bits per heavy atom. The summed E-state index contributed by atoms with van der Waals surface area (Å²) in [7, 11) is 2.02. The van der Waals surface area contributed by atoms with Gasteiger partial charge in [0.2, 0.25) is 0 Å². The summed E-state index contributed by atoms with van der Waals surface area (Å²) >= 11 is 0. The molecule has 1 unspecified atom stereocenters. The molecular formula is C20H26F4N4O2. The molecule has 1 aromatic rings. The maximum Gasteiger partial charge on any atom is 0.416 e. The quantitative estimate of drug-likeness (QED) is 0.639. The summed E-state index contributed by atoms with van der Waals surface area (Å²) in [6.07, 6.45) is -1.19. The smallest absolute Gasteiger partial charge is 0.416 e. The Morgan fingerprint density at radius 2 is 2.07 bits per heavy atom. The van der Waals surface area contributed by atoms with Crippen LogP contribution in [0.2, 0.25) is 0 Å². The second-order valence-corrected chi connectivity index (χ2v) is 7.51. The summed E-state index contributed by atoms with van der Waals surface area (Å²) in [6, 6.07) is 1.31. The van der Waals surface area contributed by atoms with E-state index in [1.165, 1.54) is 6.08 Å². The van der Waals surface area contributed by atoms with Gasteiger partial charge < -0.3 is 31.2 Å². The SMILES string of the molecule is CN1CCCC(N/C(N)=C/C2=C(\N)c3c(F)cc(C(F)(F)F)cc3OCCOC2)C1. The number of piperidine rings is 1. The van der Waals surface area contributed by atoms with Gasteiger partial charge in [0.05, 0.1) is 35.9 Å². The van der Waals surface area contributed by atoms with Crippen LogP contribution in [0, 0.1) is 5.82 Å². The van der Waals surface area contributed by atoms with Gasteiger partial charge in [0, 0.05) is 18.2 Å². The molecule has 5 N–H and O–H groups in total. The number of rotatable bonds is 3. The van der Waals surface area contributed by atoms with Crippen molar-refractivity contribution in [3.63, 3.8) is 0 Å². The zero-order chi connectivity index (χ0) is 21.9. The van der Waals surface area contributed by atoms with Crippen LogP contribution in [-0.2, 0) is 10.9 Å². The molecule has 0 aliphatic carbocycles. The van der Waals surface area contributed by atoms with E-state index in [1.807, 2.05) is 7.05 Å². The molecule has 10 heteroatoms. The van der Waals surface area contributed by atoms with Crippen LogP contribution >= 0.6 is 0 Å². The van der Waals surface area contributed by atoms with Crippen molar-refractivity contribution in [1.29, 1.82) is 0 Å². The van der Waals surface area contributed by atoms with Crippen molar-refractivity contribution >= 4 is 5.70 Å².